The Hall–Kier alpha value is -0.630. The molecule has 1 saturated heterocycles. The maximum absolute atomic E-state index is 8.93. The van der Waals surface area contributed by atoms with Gasteiger partial charge in [-0.15, -0.1) is 0 Å². The van der Waals surface area contributed by atoms with E-state index in [1.165, 1.54) is 12.8 Å². The molecule has 0 saturated carbocycles. The van der Waals surface area contributed by atoms with E-state index in [1.807, 2.05) is 0 Å². The molecule has 1 fully saturated rings. The summed E-state index contributed by atoms with van der Waals surface area (Å²) >= 11 is 0. The molecule has 3 unspecified atom stereocenters. The van der Waals surface area contributed by atoms with E-state index in [2.05, 4.69) is 24.9 Å². The second-order valence-electron chi connectivity index (χ2n) is 5.61. The van der Waals surface area contributed by atoms with Crippen LogP contribution in [0.4, 0.5) is 0 Å². The highest BCUT2D eigenvalue weighted by Crippen LogP contribution is 2.18. The molecule has 4 nitrogen and oxygen atoms in total. The van der Waals surface area contributed by atoms with Gasteiger partial charge in [-0.3, -0.25) is 0 Å². The highest BCUT2D eigenvalue weighted by atomic mass is 16.5. The summed E-state index contributed by atoms with van der Waals surface area (Å²) in [5.74, 6) is 0.627. The molecule has 98 valence electrons. The molecule has 2 N–H and O–H groups in total. The largest absolute Gasteiger partial charge is 0.381 e. The lowest BCUT2D eigenvalue weighted by Gasteiger charge is -2.33. The van der Waals surface area contributed by atoms with Gasteiger partial charge in [-0.25, -0.2) is 0 Å². The van der Waals surface area contributed by atoms with Crippen LogP contribution in [-0.2, 0) is 4.74 Å². The average molecular weight is 239 g/mol. The van der Waals surface area contributed by atoms with Crippen LogP contribution in [0.2, 0.25) is 0 Å². The molecule has 3 atom stereocenters. The smallest absolute Gasteiger partial charge is 0.102 e. The lowest BCUT2D eigenvalue weighted by atomic mass is 9.95. The van der Waals surface area contributed by atoms with Gasteiger partial charge in [0.1, 0.15) is 5.54 Å². The SMILES string of the molecule is CC(CC(C)(N)C#N)N(C)CC1CCCOC1. The Morgan fingerprint density at radius 1 is 1.65 bits per heavy atom. The minimum absolute atomic E-state index is 0.326. The van der Waals surface area contributed by atoms with Crippen molar-refractivity contribution >= 4 is 0 Å². The van der Waals surface area contributed by atoms with Gasteiger partial charge in [-0.05, 0) is 46.1 Å². The molecule has 0 aromatic rings. The molecule has 17 heavy (non-hydrogen) atoms. The number of nitrogens with zero attached hydrogens (tertiary/aromatic N) is 2. The summed E-state index contributed by atoms with van der Waals surface area (Å²) in [6.45, 7) is 6.73. The number of nitrogens with two attached hydrogens (primary N) is 1. The zero-order valence-electron chi connectivity index (χ0n) is 11.3. The van der Waals surface area contributed by atoms with E-state index >= 15 is 0 Å². The summed E-state index contributed by atoms with van der Waals surface area (Å²) in [6.07, 6.45) is 3.11. The summed E-state index contributed by atoms with van der Waals surface area (Å²) in [5.41, 5.74) is 5.15. The van der Waals surface area contributed by atoms with E-state index in [-0.39, 0.29) is 0 Å². The number of hydrogen-bond donors (Lipinski definition) is 1. The predicted octanol–water partition coefficient (Wildman–Crippen LogP) is 1.36. The van der Waals surface area contributed by atoms with E-state index in [0.29, 0.717) is 18.4 Å². The van der Waals surface area contributed by atoms with Gasteiger partial charge in [-0.2, -0.15) is 5.26 Å². The van der Waals surface area contributed by atoms with Crippen molar-refractivity contribution in [2.45, 2.75) is 44.7 Å². The first-order chi connectivity index (χ1) is 7.94. The molecule has 0 aliphatic carbocycles. The van der Waals surface area contributed by atoms with Crippen LogP contribution in [0.3, 0.4) is 0 Å². The molecule has 0 spiro atoms. The molecule has 1 heterocycles. The maximum Gasteiger partial charge on any atom is 0.102 e. The van der Waals surface area contributed by atoms with Crippen LogP contribution in [0.15, 0.2) is 0 Å². The first-order valence-electron chi connectivity index (χ1n) is 6.43. The van der Waals surface area contributed by atoms with E-state index < -0.39 is 5.54 Å². The number of ether oxygens (including phenoxy) is 1. The Labute approximate surface area is 105 Å². The standard InChI is InChI=1S/C13H25N3O/c1-11(7-13(2,15)10-14)16(3)8-12-5-4-6-17-9-12/h11-12H,4-9,15H2,1-3H3. The van der Waals surface area contributed by atoms with E-state index in [1.54, 1.807) is 6.92 Å². The number of hydrogen-bond acceptors (Lipinski definition) is 4. The van der Waals surface area contributed by atoms with Crippen LogP contribution >= 0.6 is 0 Å². The molecule has 0 bridgehead atoms. The molecule has 1 aliphatic heterocycles. The molecule has 0 radical (unpaired) electrons. The molecular weight excluding hydrogens is 214 g/mol. The van der Waals surface area contributed by atoms with Gasteiger partial charge >= 0.3 is 0 Å². The molecule has 0 aromatic heterocycles. The van der Waals surface area contributed by atoms with Gasteiger partial charge < -0.3 is 15.4 Å². The maximum atomic E-state index is 8.93. The lowest BCUT2D eigenvalue weighted by molar-refractivity contribution is 0.0359. The van der Waals surface area contributed by atoms with Crippen molar-refractivity contribution in [1.82, 2.24) is 4.90 Å². The van der Waals surface area contributed by atoms with E-state index in [4.69, 9.17) is 15.7 Å². The summed E-state index contributed by atoms with van der Waals surface area (Å²) in [4.78, 5) is 2.29. The average Bonchev–Trinajstić information content (AvgIpc) is 2.30. The van der Waals surface area contributed by atoms with Crippen molar-refractivity contribution in [3.05, 3.63) is 0 Å². The third-order valence-corrected chi connectivity index (χ3v) is 3.53. The van der Waals surface area contributed by atoms with Gasteiger partial charge in [0.05, 0.1) is 12.7 Å². The van der Waals surface area contributed by atoms with Crippen molar-refractivity contribution in [3.63, 3.8) is 0 Å². The van der Waals surface area contributed by atoms with E-state index in [0.717, 1.165) is 19.8 Å². The fourth-order valence-corrected chi connectivity index (χ4v) is 2.35. The molecular formula is C13H25N3O. The highest BCUT2D eigenvalue weighted by Gasteiger charge is 2.25. The highest BCUT2D eigenvalue weighted by molar-refractivity contribution is 5.02. The van der Waals surface area contributed by atoms with Crippen molar-refractivity contribution in [1.29, 1.82) is 5.26 Å². The molecule has 1 rings (SSSR count). The predicted molar refractivity (Wildman–Crippen MR) is 68.5 cm³/mol. The first kappa shape index (κ1) is 14.4. The van der Waals surface area contributed by atoms with Crippen molar-refractivity contribution in [2.75, 3.05) is 26.8 Å². The zero-order chi connectivity index (χ0) is 12.9. The Balaban J connectivity index is 2.36. The van der Waals surface area contributed by atoms with E-state index in [9.17, 15) is 0 Å². The Morgan fingerprint density at radius 3 is 2.88 bits per heavy atom. The number of rotatable bonds is 5. The minimum Gasteiger partial charge on any atom is -0.381 e. The minimum atomic E-state index is -0.725. The quantitative estimate of drug-likeness (QED) is 0.787. The Bertz CT molecular complexity index is 266. The fraction of sp³-hybridized carbons (Fsp3) is 0.923. The normalized spacial score (nSPS) is 26.2. The van der Waals surface area contributed by atoms with Gasteiger partial charge in [0, 0.05) is 19.2 Å². The van der Waals surface area contributed by atoms with Gasteiger partial charge in [-0.1, -0.05) is 0 Å². The van der Waals surface area contributed by atoms with Crippen LogP contribution in [0.5, 0.6) is 0 Å². The van der Waals surface area contributed by atoms with Crippen molar-refractivity contribution in [3.8, 4) is 6.07 Å². The number of nitriles is 1. The third kappa shape index (κ3) is 5.03. The topological polar surface area (TPSA) is 62.3 Å². The monoisotopic (exact) mass is 239 g/mol. The van der Waals surface area contributed by atoms with Crippen LogP contribution in [0.25, 0.3) is 0 Å². The van der Waals surface area contributed by atoms with Crippen LogP contribution in [0, 0.1) is 17.2 Å². The van der Waals surface area contributed by atoms with Crippen LogP contribution in [0.1, 0.15) is 33.1 Å². The second kappa shape index (κ2) is 6.34. The third-order valence-electron chi connectivity index (χ3n) is 3.53. The zero-order valence-corrected chi connectivity index (χ0v) is 11.3. The summed E-state index contributed by atoms with van der Waals surface area (Å²) in [6, 6.07) is 2.48. The van der Waals surface area contributed by atoms with Gasteiger partial charge in [0.15, 0.2) is 0 Å². The van der Waals surface area contributed by atoms with Gasteiger partial charge in [0.2, 0.25) is 0 Å². The second-order valence-corrected chi connectivity index (χ2v) is 5.61. The summed E-state index contributed by atoms with van der Waals surface area (Å²) < 4.78 is 5.48. The molecule has 0 aromatic carbocycles. The molecule has 1 aliphatic rings. The lowest BCUT2D eigenvalue weighted by Crippen LogP contribution is -2.44. The van der Waals surface area contributed by atoms with Crippen molar-refractivity contribution in [2.24, 2.45) is 11.7 Å². The first-order valence-corrected chi connectivity index (χ1v) is 6.43. The Kier molecular flexibility index (Phi) is 5.38. The fourth-order valence-electron chi connectivity index (χ4n) is 2.35. The van der Waals surface area contributed by atoms with Gasteiger partial charge in [0.25, 0.3) is 0 Å². The Morgan fingerprint density at radius 2 is 2.35 bits per heavy atom. The van der Waals surface area contributed by atoms with Crippen molar-refractivity contribution < 1.29 is 4.74 Å². The van der Waals surface area contributed by atoms with Crippen LogP contribution < -0.4 is 5.73 Å². The van der Waals surface area contributed by atoms with Crippen LogP contribution in [-0.4, -0.2) is 43.3 Å². The molecule has 4 heteroatoms. The molecule has 0 amide bonds. The summed E-state index contributed by atoms with van der Waals surface area (Å²) in [5, 5.41) is 8.93. The summed E-state index contributed by atoms with van der Waals surface area (Å²) in [7, 11) is 2.10.